The summed E-state index contributed by atoms with van der Waals surface area (Å²) in [6.45, 7) is 6.31. The molecular weight excluding hydrogens is 450 g/mol. The molecule has 0 spiro atoms. The molecule has 1 fully saturated rings. The fourth-order valence-electron chi connectivity index (χ4n) is 3.59. The van der Waals surface area contributed by atoms with Crippen LogP contribution in [-0.4, -0.2) is 32.8 Å². The zero-order valence-corrected chi connectivity index (χ0v) is 20.0. The average Bonchev–Trinajstić information content (AvgIpc) is 3.13. The highest BCUT2D eigenvalue weighted by Gasteiger charge is 2.27. The van der Waals surface area contributed by atoms with Crippen molar-refractivity contribution in [2.45, 2.75) is 51.0 Å². The lowest BCUT2D eigenvalue weighted by Crippen LogP contribution is -2.44. The molecule has 9 heteroatoms. The Labute approximate surface area is 194 Å². The zero-order chi connectivity index (χ0) is 23.5. The lowest BCUT2D eigenvalue weighted by molar-refractivity contribution is -0.118. The Morgan fingerprint density at radius 3 is 2.41 bits per heavy atom. The predicted molar refractivity (Wildman–Crippen MR) is 126 cm³/mol. The van der Waals surface area contributed by atoms with Gasteiger partial charge in [-0.15, -0.1) is 0 Å². The minimum atomic E-state index is -3.87. The molecule has 0 radical (unpaired) electrons. The number of aryl methyl sites for hydroxylation is 1. The van der Waals surface area contributed by atoms with E-state index in [1.165, 1.54) is 12.1 Å². The molecular formula is C23H28ClN3O4S. The number of sulfonamides is 1. The third-order valence-corrected chi connectivity index (χ3v) is 7.02. The maximum Gasteiger partial charge on any atom is 0.242 e. The van der Waals surface area contributed by atoms with Crippen molar-refractivity contribution < 1.29 is 18.0 Å². The normalized spacial score (nSPS) is 15.3. The molecule has 0 unspecified atom stereocenters. The summed E-state index contributed by atoms with van der Waals surface area (Å²) >= 11 is 6.36. The first-order valence-electron chi connectivity index (χ1n) is 10.6. The Morgan fingerprint density at radius 1 is 1.16 bits per heavy atom. The number of anilines is 2. The standard InChI is InChI=1S/C23H28ClN3O4S/c1-15(2)13-20(26-32(30,31)18-9-6-16(3)7-10-18)23(29)25-17-8-11-21(19(24)14-17)27-12-4-5-22(27)28/h6-11,14-15,20,26H,4-5,12-13H2,1-3H3,(H,25,29)/t20-/m0/s1. The van der Waals surface area contributed by atoms with Crippen LogP contribution in [0.2, 0.25) is 5.02 Å². The molecule has 0 aromatic heterocycles. The van der Waals surface area contributed by atoms with Gasteiger partial charge < -0.3 is 10.2 Å². The third-order valence-electron chi connectivity index (χ3n) is 5.23. The third kappa shape index (κ3) is 5.88. The van der Waals surface area contributed by atoms with Crippen LogP contribution in [0.15, 0.2) is 47.4 Å². The number of carbonyl (C=O) groups is 2. The van der Waals surface area contributed by atoms with Crippen LogP contribution in [-0.2, 0) is 19.6 Å². The Bertz CT molecular complexity index is 1100. The van der Waals surface area contributed by atoms with Crippen molar-refractivity contribution >= 4 is 44.8 Å². The summed E-state index contributed by atoms with van der Waals surface area (Å²) < 4.78 is 28.2. The Morgan fingerprint density at radius 2 is 1.84 bits per heavy atom. The van der Waals surface area contributed by atoms with Gasteiger partial charge in [0.2, 0.25) is 21.8 Å². The number of rotatable bonds is 8. The summed E-state index contributed by atoms with van der Waals surface area (Å²) in [6, 6.07) is 10.4. The van der Waals surface area contributed by atoms with Crippen LogP contribution in [0.1, 0.15) is 38.7 Å². The molecule has 1 aliphatic heterocycles. The number of benzene rings is 2. The molecule has 7 nitrogen and oxygen atoms in total. The maximum absolute atomic E-state index is 13.0. The molecule has 2 aromatic rings. The average molecular weight is 478 g/mol. The Hall–Kier alpha value is -2.42. The molecule has 32 heavy (non-hydrogen) atoms. The summed E-state index contributed by atoms with van der Waals surface area (Å²) in [5, 5.41) is 3.09. The highest BCUT2D eigenvalue weighted by atomic mass is 35.5. The second-order valence-electron chi connectivity index (χ2n) is 8.42. The first-order chi connectivity index (χ1) is 15.1. The summed E-state index contributed by atoms with van der Waals surface area (Å²) in [7, 11) is -3.87. The monoisotopic (exact) mass is 477 g/mol. The lowest BCUT2D eigenvalue weighted by Gasteiger charge is -2.21. The van der Waals surface area contributed by atoms with E-state index in [1.54, 1.807) is 35.2 Å². The van der Waals surface area contributed by atoms with Crippen LogP contribution >= 0.6 is 11.6 Å². The van der Waals surface area contributed by atoms with Crippen LogP contribution in [0.25, 0.3) is 0 Å². The number of hydrogen-bond acceptors (Lipinski definition) is 4. The van der Waals surface area contributed by atoms with Gasteiger partial charge in [-0.05, 0) is 56.0 Å². The van der Waals surface area contributed by atoms with Gasteiger partial charge in [-0.2, -0.15) is 4.72 Å². The number of amides is 2. The minimum absolute atomic E-state index is 0.0196. The smallest absolute Gasteiger partial charge is 0.242 e. The quantitative estimate of drug-likeness (QED) is 0.598. The van der Waals surface area contributed by atoms with E-state index in [1.807, 2.05) is 20.8 Å². The van der Waals surface area contributed by atoms with Crippen molar-refractivity contribution in [1.29, 1.82) is 0 Å². The summed E-state index contributed by atoms with van der Waals surface area (Å²) in [5.74, 6) is -0.375. The van der Waals surface area contributed by atoms with Gasteiger partial charge in [0.25, 0.3) is 0 Å². The second-order valence-corrected chi connectivity index (χ2v) is 10.5. The first kappa shape index (κ1) is 24.2. The predicted octanol–water partition coefficient (Wildman–Crippen LogP) is 4.11. The van der Waals surface area contributed by atoms with E-state index in [0.29, 0.717) is 35.8 Å². The van der Waals surface area contributed by atoms with Crippen LogP contribution in [0.3, 0.4) is 0 Å². The fourth-order valence-corrected chi connectivity index (χ4v) is 5.08. The number of nitrogens with zero attached hydrogens (tertiary/aromatic N) is 1. The van der Waals surface area contributed by atoms with Crippen molar-refractivity contribution in [2.24, 2.45) is 5.92 Å². The van der Waals surface area contributed by atoms with Gasteiger partial charge in [-0.1, -0.05) is 43.1 Å². The van der Waals surface area contributed by atoms with E-state index in [2.05, 4.69) is 10.0 Å². The van der Waals surface area contributed by atoms with Crippen molar-refractivity contribution in [1.82, 2.24) is 4.72 Å². The number of hydrogen-bond donors (Lipinski definition) is 2. The van der Waals surface area contributed by atoms with E-state index in [0.717, 1.165) is 12.0 Å². The fraction of sp³-hybridized carbons (Fsp3) is 0.391. The number of halogens is 1. The molecule has 2 N–H and O–H groups in total. The summed E-state index contributed by atoms with van der Waals surface area (Å²) in [6.07, 6.45) is 1.60. The molecule has 2 amide bonds. The van der Waals surface area contributed by atoms with E-state index >= 15 is 0 Å². The van der Waals surface area contributed by atoms with Crippen molar-refractivity contribution in [3.63, 3.8) is 0 Å². The van der Waals surface area contributed by atoms with Gasteiger partial charge in [0.1, 0.15) is 6.04 Å². The summed E-state index contributed by atoms with van der Waals surface area (Å²) in [5.41, 5.74) is 1.97. The van der Waals surface area contributed by atoms with Gasteiger partial charge in [-0.3, -0.25) is 9.59 Å². The van der Waals surface area contributed by atoms with Crippen LogP contribution < -0.4 is 14.9 Å². The van der Waals surface area contributed by atoms with Crippen molar-refractivity contribution in [3.05, 3.63) is 53.1 Å². The van der Waals surface area contributed by atoms with E-state index < -0.39 is 22.0 Å². The molecule has 0 bridgehead atoms. The maximum atomic E-state index is 13.0. The van der Waals surface area contributed by atoms with Gasteiger partial charge in [0, 0.05) is 18.7 Å². The minimum Gasteiger partial charge on any atom is -0.325 e. The number of carbonyl (C=O) groups excluding carboxylic acids is 2. The molecule has 1 atom stereocenters. The molecule has 172 valence electrons. The van der Waals surface area contributed by atoms with Crippen LogP contribution in [0.4, 0.5) is 11.4 Å². The second kappa shape index (κ2) is 10.0. The van der Waals surface area contributed by atoms with Gasteiger partial charge >= 0.3 is 0 Å². The van der Waals surface area contributed by atoms with Crippen molar-refractivity contribution in [2.75, 3.05) is 16.8 Å². The van der Waals surface area contributed by atoms with Gasteiger partial charge in [-0.25, -0.2) is 8.42 Å². The van der Waals surface area contributed by atoms with E-state index in [9.17, 15) is 18.0 Å². The molecule has 2 aromatic carbocycles. The zero-order valence-electron chi connectivity index (χ0n) is 18.4. The topological polar surface area (TPSA) is 95.6 Å². The van der Waals surface area contributed by atoms with Crippen LogP contribution in [0.5, 0.6) is 0 Å². The molecule has 3 rings (SSSR count). The number of nitrogens with one attached hydrogen (secondary N) is 2. The SMILES string of the molecule is Cc1ccc(S(=O)(=O)N[C@@H](CC(C)C)C(=O)Nc2ccc(N3CCCC3=O)c(Cl)c2)cc1. The highest BCUT2D eigenvalue weighted by Crippen LogP contribution is 2.31. The summed E-state index contributed by atoms with van der Waals surface area (Å²) in [4.78, 5) is 26.7. The Balaban J connectivity index is 1.76. The highest BCUT2D eigenvalue weighted by molar-refractivity contribution is 7.89. The Kier molecular flexibility index (Phi) is 7.59. The largest absolute Gasteiger partial charge is 0.325 e. The van der Waals surface area contributed by atoms with Crippen molar-refractivity contribution in [3.8, 4) is 0 Å². The first-order valence-corrected chi connectivity index (χ1v) is 12.4. The molecule has 1 heterocycles. The van der Waals surface area contributed by atoms with E-state index in [4.69, 9.17) is 11.6 Å². The molecule has 0 aliphatic carbocycles. The van der Waals surface area contributed by atoms with Gasteiger partial charge in [0.15, 0.2) is 0 Å². The van der Waals surface area contributed by atoms with Gasteiger partial charge in [0.05, 0.1) is 15.6 Å². The molecule has 0 saturated carbocycles. The lowest BCUT2D eigenvalue weighted by atomic mass is 10.0. The molecule has 1 saturated heterocycles. The van der Waals surface area contributed by atoms with E-state index in [-0.39, 0.29) is 16.7 Å². The molecule has 1 aliphatic rings. The van der Waals surface area contributed by atoms with Crippen LogP contribution in [0, 0.1) is 12.8 Å².